The largest absolute Gasteiger partial charge is 0.508 e. The van der Waals surface area contributed by atoms with E-state index in [0.29, 0.717) is 5.75 Å². The molecule has 1 N–H and O–H groups in total. The molecule has 0 fully saturated rings. The molecule has 5 aromatic rings. The van der Waals surface area contributed by atoms with E-state index in [-0.39, 0.29) is 5.25 Å². The second-order valence-electron chi connectivity index (χ2n) is 9.51. The smallest absolute Gasteiger partial charge is 0.123 e. The van der Waals surface area contributed by atoms with Gasteiger partial charge in [0.1, 0.15) is 10.8 Å². The Morgan fingerprint density at radius 2 is 1.49 bits per heavy atom. The van der Waals surface area contributed by atoms with E-state index in [4.69, 9.17) is 9.97 Å². The number of hydrogen-bond donors (Lipinski definition) is 1. The summed E-state index contributed by atoms with van der Waals surface area (Å²) in [5, 5.41) is 11.3. The van der Waals surface area contributed by atoms with Crippen molar-refractivity contribution in [1.29, 1.82) is 0 Å². The molecule has 0 bridgehead atoms. The molecule has 0 spiro atoms. The van der Waals surface area contributed by atoms with Gasteiger partial charge in [-0.2, -0.15) is 0 Å². The monoisotopic (exact) mass is 522 g/mol. The van der Waals surface area contributed by atoms with Gasteiger partial charge in [0.25, 0.3) is 0 Å². The van der Waals surface area contributed by atoms with Crippen LogP contribution < -0.4 is 0 Å². The number of aromatic hydroxyl groups is 1. The second kappa shape index (κ2) is 10.9. The number of rotatable bonds is 7. The fraction of sp³-hybridized carbons (Fsp3) is 0.188. The van der Waals surface area contributed by atoms with Crippen molar-refractivity contribution in [3.05, 3.63) is 118 Å². The van der Waals surface area contributed by atoms with Gasteiger partial charge in [-0.25, -0.2) is 4.98 Å². The lowest BCUT2D eigenvalue weighted by molar-refractivity contribution is 0.470. The molecule has 0 aliphatic heterocycles. The Hall–Kier alpha value is -3.41. The number of pyridine rings is 1. The fourth-order valence-electron chi connectivity index (χ4n) is 4.23. The molecule has 0 radical (unpaired) electrons. The number of hydrogen-bond acceptors (Lipinski definition) is 5. The first-order valence-electron chi connectivity index (χ1n) is 12.4. The topological polar surface area (TPSA) is 46.0 Å². The van der Waals surface area contributed by atoms with E-state index in [9.17, 15) is 5.11 Å². The lowest BCUT2D eigenvalue weighted by atomic mass is 10.1. The highest BCUT2D eigenvalue weighted by Crippen LogP contribution is 2.44. The average molecular weight is 523 g/mol. The quantitative estimate of drug-likeness (QED) is 0.217. The molecule has 186 valence electrons. The van der Waals surface area contributed by atoms with E-state index in [1.165, 1.54) is 21.6 Å². The Labute approximate surface area is 227 Å². The summed E-state index contributed by atoms with van der Waals surface area (Å²) in [4.78, 5) is 12.1. The average Bonchev–Trinajstić information content (AvgIpc) is 3.28. The van der Waals surface area contributed by atoms with Crippen LogP contribution in [0.15, 0.2) is 90.0 Å². The maximum absolute atomic E-state index is 10.0. The van der Waals surface area contributed by atoms with Gasteiger partial charge in [-0.15, -0.1) is 23.1 Å². The zero-order valence-corrected chi connectivity index (χ0v) is 23.2. The van der Waals surface area contributed by atoms with Gasteiger partial charge < -0.3 is 5.11 Å². The maximum atomic E-state index is 10.0. The SMILES string of the molecule is Cc1ccc(-c2ccc(CC(Sc3ccc(O)c(C)c3)c3sc(-c4ccc(C)cc4)nc3C)cn2)cc1. The minimum atomic E-state index is 0.174. The molecule has 2 heterocycles. The summed E-state index contributed by atoms with van der Waals surface area (Å²) < 4.78 is 0. The molecule has 1 atom stereocenters. The van der Waals surface area contributed by atoms with Crippen LogP contribution >= 0.6 is 23.1 Å². The van der Waals surface area contributed by atoms with Crippen LogP contribution in [0.2, 0.25) is 0 Å². The number of aryl methyl sites for hydroxylation is 4. The molecular weight excluding hydrogens is 492 g/mol. The third kappa shape index (κ3) is 5.95. The van der Waals surface area contributed by atoms with Crippen molar-refractivity contribution < 1.29 is 5.11 Å². The van der Waals surface area contributed by atoms with Gasteiger partial charge in [0, 0.05) is 32.3 Å². The third-order valence-corrected chi connectivity index (χ3v) is 9.15. The molecule has 0 saturated heterocycles. The van der Waals surface area contributed by atoms with Gasteiger partial charge in [-0.05, 0) is 69.5 Å². The van der Waals surface area contributed by atoms with E-state index >= 15 is 0 Å². The molecule has 0 amide bonds. The van der Waals surface area contributed by atoms with Gasteiger partial charge in [-0.1, -0.05) is 65.7 Å². The van der Waals surface area contributed by atoms with Crippen LogP contribution in [0.4, 0.5) is 0 Å². The molecule has 37 heavy (non-hydrogen) atoms. The van der Waals surface area contributed by atoms with Crippen molar-refractivity contribution in [2.24, 2.45) is 0 Å². The van der Waals surface area contributed by atoms with Crippen molar-refractivity contribution in [3.8, 4) is 27.6 Å². The van der Waals surface area contributed by atoms with Crippen molar-refractivity contribution in [2.75, 3.05) is 0 Å². The first kappa shape index (κ1) is 25.2. The molecule has 0 aliphatic carbocycles. The zero-order valence-electron chi connectivity index (χ0n) is 21.5. The molecule has 0 saturated carbocycles. The molecule has 5 heteroatoms. The van der Waals surface area contributed by atoms with E-state index in [1.807, 2.05) is 30.9 Å². The standard InChI is InChI=1S/C32H30N2OS2/c1-20-5-10-25(11-6-20)28-15-9-24(19-33-28)18-30(36-27-14-16-29(35)22(3)17-27)31-23(4)34-32(37-31)26-12-7-21(2)8-13-26/h5-17,19,30,35H,18H2,1-4H3. The van der Waals surface area contributed by atoms with Crippen LogP contribution in [-0.4, -0.2) is 15.1 Å². The number of benzene rings is 3. The number of thioether (sulfide) groups is 1. The predicted molar refractivity (Wildman–Crippen MR) is 157 cm³/mol. The highest BCUT2D eigenvalue weighted by Gasteiger charge is 2.22. The minimum Gasteiger partial charge on any atom is -0.508 e. The van der Waals surface area contributed by atoms with Gasteiger partial charge in [0.15, 0.2) is 0 Å². The first-order valence-corrected chi connectivity index (χ1v) is 14.1. The normalized spacial score (nSPS) is 12.0. The van der Waals surface area contributed by atoms with Crippen LogP contribution in [0.5, 0.6) is 5.75 Å². The maximum Gasteiger partial charge on any atom is 0.123 e. The Morgan fingerprint density at radius 1 is 0.811 bits per heavy atom. The highest BCUT2D eigenvalue weighted by molar-refractivity contribution is 7.99. The summed E-state index contributed by atoms with van der Waals surface area (Å²) in [6.45, 7) is 8.25. The molecule has 5 rings (SSSR count). The van der Waals surface area contributed by atoms with Crippen LogP contribution in [0.25, 0.3) is 21.8 Å². The number of aromatic nitrogens is 2. The molecule has 3 nitrogen and oxygen atoms in total. The van der Waals surface area contributed by atoms with Crippen molar-refractivity contribution in [2.45, 2.75) is 44.3 Å². The summed E-state index contributed by atoms with van der Waals surface area (Å²) >= 11 is 3.59. The second-order valence-corrected chi connectivity index (χ2v) is 11.8. The minimum absolute atomic E-state index is 0.174. The Kier molecular flexibility index (Phi) is 7.45. The van der Waals surface area contributed by atoms with E-state index < -0.39 is 0 Å². The number of nitrogens with zero attached hydrogens (tertiary/aromatic N) is 2. The summed E-state index contributed by atoms with van der Waals surface area (Å²) in [6.07, 6.45) is 2.84. The zero-order chi connectivity index (χ0) is 25.9. The van der Waals surface area contributed by atoms with Crippen molar-refractivity contribution >= 4 is 23.1 Å². The van der Waals surface area contributed by atoms with E-state index in [0.717, 1.165) is 44.4 Å². The number of phenols is 1. The third-order valence-electron chi connectivity index (χ3n) is 6.46. The lowest BCUT2D eigenvalue weighted by Gasteiger charge is -2.17. The first-order chi connectivity index (χ1) is 17.9. The molecule has 1 unspecified atom stereocenters. The molecular formula is C32H30N2OS2. The Morgan fingerprint density at radius 3 is 2.11 bits per heavy atom. The van der Waals surface area contributed by atoms with Crippen molar-refractivity contribution in [3.63, 3.8) is 0 Å². The molecule has 3 aromatic carbocycles. The number of phenolic OH excluding ortho intramolecular Hbond substituents is 1. The van der Waals surface area contributed by atoms with Gasteiger partial charge in [0.2, 0.25) is 0 Å². The predicted octanol–water partition coefficient (Wildman–Crippen LogP) is 8.89. The molecule has 2 aromatic heterocycles. The van der Waals surface area contributed by atoms with E-state index in [1.54, 1.807) is 17.4 Å². The molecule has 0 aliphatic rings. The summed E-state index contributed by atoms with van der Waals surface area (Å²) in [7, 11) is 0. The Bertz CT molecular complexity index is 1500. The summed E-state index contributed by atoms with van der Waals surface area (Å²) in [5.41, 5.74) is 8.89. The van der Waals surface area contributed by atoms with Crippen LogP contribution in [0.1, 0.15) is 38.1 Å². The number of thiazole rings is 1. The summed E-state index contributed by atoms with van der Waals surface area (Å²) in [6, 6.07) is 27.2. The van der Waals surface area contributed by atoms with Crippen LogP contribution in [0, 0.1) is 27.7 Å². The fourth-order valence-corrected chi connectivity index (χ4v) is 6.85. The van der Waals surface area contributed by atoms with Crippen molar-refractivity contribution in [1.82, 2.24) is 9.97 Å². The van der Waals surface area contributed by atoms with E-state index in [2.05, 4.69) is 87.5 Å². The highest BCUT2D eigenvalue weighted by atomic mass is 32.2. The Balaban J connectivity index is 1.46. The van der Waals surface area contributed by atoms with Crippen LogP contribution in [-0.2, 0) is 6.42 Å². The lowest BCUT2D eigenvalue weighted by Crippen LogP contribution is -2.00. The van der Waals surface area contributed by atoms with Crippen LogP contribution in [0.3, 0.4) is 0 Å². The van der Waals surface area contributed by atoms with Gasteiger partial charge in [-0.3, -0.25) is 4.98 Å². The summed E-state index contributed by atoms with van der Waals surface area (Å²) in [5.74, 6) is 0.326. The van der Waals surface area contributed by atoms with Gasteiger partial charge in [0.05, 0.1) is 11.4 Å². The van der Waals surface area contributed by atoms with Gasteiger partial charge >= 0.3 is 0 Å².